The van der Waals surface area contributed by atoms with Crippen molar-refractivity contribution in [3.8, 4) is 0 Å². The molecule has 5 nitrogen and oxygen atoms in total. The van der Waals surface area contributed by atoms with Crippen LogP contribution in [0.15, 0.2) is 12.1 Å². The smallest absolute Gasteiger partial charge is 0.223 e. The van der Waals surface area contributed by atoms with Crippen LogP contribution in [0, 0.1) is 12.8 Å². The van der Waals surface area contributed by atoms with Crippen molar-refractivity contribution in [3.05, 3.63) is 22.7 Å². The highest BCUT2D eigenvalue weighted by Crippen LogP contribution is 2.35. The normalized spacial score (nSPS) is 19.3. The molecule has 4 rings (SSSR count). The fourth-order valence-electron chi connectivity index (χ4n) is 4.24. The second kappa shape index (κ2) is 8.97. The van der Waals surface area contributed by atoms with Gasteiger partial charge in [0.15, 0.2) is 5.13 Å². The van der Waals surface area contributed by atoms with Crippen LogP contribution in [0.3, 0.4) is 0 Å². The number of halogens is 1. The van der Waals surface area contributed by atoms with Crippen LogP contribution in [0.1, 0.15) is 37.7 Å². The number of aromatic nitrogens is 1. The first-order valence-electron chi connectivity index (χ1n) is 10.4. The number of rotatable bonds is 5. The third kappa shape index (κ3) is 4.44. The highest BCUT2D eigenvalue weighted by Gasteiger charge is 2.23. The molecular weight excluding hydrogens is 392 g/mol. The predicted molar refractivity (Wildman–Crippen MR) is 118 cm³/mol. The number of aryl methyl sites for hydroxylation is 1. The van der Waals surface area contributed by atoms with Crippen LogP contribution >= 0.6 is 22.9 Å². The summed E-state index contributed by atoms with van der Waals surface area (Å²) in [6, 6.07) is 3.99. The van der Waals surface area contributed by atoms with E-state index in [1.54, 1.807) is 11.3 Å². The highest BCUT2D eigenvalue weighted by molar-refractivity contribution is 7.22. The van der Waals surface area contributed by atoms with Gasteiger partial charge in [-0.05, 0) is 31.4 Å². The van der Waals surface area contributed by atoms with E-state index < -0.39 is 0 Å². The zero-order valence-corrected chi connectivity index (χ0v) is 18.1. The van der Waals surface area contributed by atoms with Gasteiger partial charge in [0.25, 0.3) is 0 Å². The van der Waals surface area contributed by atoms with Gasteiger partial charge in [-0.3, -0.25) is 9.69 Å². The molecule has 1 saturated carbocycles. The van der Waals surface area contributed by atoms with Crippen LogP contribution in [0.25, 0.3) is 10.2 Å². The van der Waals surface area contributed by atoms with Gasteiger partial charge in [-0.2, -0.15) is 0 Å². The Morgan fingerprint density at radius 2 is 1.96 bits per heavy atom. The number of benzene rings is 1. The summed E-state index contributed by atoms with van der Waals surface area (Å²) in [6.45, 7) is 7.70. The maximum Gasteiger partial charge on any atom is 0.223 e. The first-order valence-corrected chi connectivity index (χ1v) is 11.6. The molecule has 1 N–H and O–H groups in total. The quantitative estimate of drug-likeness (QED) is 0.791. The van der Waals surface area contributed by atoms with Gasteiger partial charge in [-0.1, -0.05) is 48.3 Å². The number of carbonyl (C=O) groups excluding carboxylic acids is 1. The van der Waals surface area contributed by atoms with Gasteiger partial charge in [-0.15, -0.1) is 0 Å². The molecule has 1 amide bonds. The summed E-state index contributed by atoms with van der Waals surface area (Å²) in [5, 5.41) is 5.01. The van der Waals surface area contributed by atoms with Gasteiger partial charge in [0, 0.05) is 45.2 Å². The molecule has 7 heteroatoms. The number of piperazine rings is 1. The van der Waals surface area contributed by atoms with Crippen LogP contribution in [0.5, 0.6) is 0 Å². The molecule has 1 aromatic heterocycles. The number of fused-ring (bicyclic) bond motifs is 1. The molecule has 28 heavy (non-hydrogen) atoms. The molecule has 0 radical (unpaired) electrons. The minimum Gasteiger partial charge on any atom is -0.355 e. The van der Waals surface area contributed by atoms with E-state index in [0.717, 1.165) is 72.5 Å². The van der Waals surface area contributed by atoms with E-state index in [-0.39, 0.29) is 11.8 Å². The Morgan fingerprint density at radius 3 is 2.68 bits per heavy atom. The summed E-state index contributed by atoms with van der Waals surface area (Å²) in [5.74, 6) is 0.514. The molecule has 152 valence electrons. The maximum absolute atomic E-state index is 12.3. The lowest BCUT2D eigenvalue weighted by Crippen LogP contribution is -2.48. The standard InChI is InChI=1S/C21H29ClN4OS/c1-15-7-8-17(22)19-18(15)24-21(28-19)26-13-11-25(12-14-26)10-9-23-20(27)16-5-3-2-4-6-16/h7-8,16H,2-6,9-14H2,1H3,(H,23,27). The number of amides is 1. The van der Waals surface area contributed by atoms with Crippen molar-refractivity contribution in [1.29, 1.82) is 0 Å². The van der Waals surface area contributed by atoms with Crippen molar-refractivity contribution >= 4 is 44.2 Å². The molecule has 1 aliphatic heterocycles. The molecule has 0 atom stereocenters. The van der Waals surface area contributed by atoms with Crippen molar-refractivity contribution in [2.75, 3.05) is 44.2 Å². The Morgan fingerprint density at radius 1 is 1.21 bits per heavy atom. The minimum atomic E-state index is 0.250. The summed E-state index contributed by atoms with van der Waals surface area (Å²) < 4.78 is 1.09. The Balaban J connectivity index is 1.25. The summed E-state index contributed by atoms with van der Waals surface area (Å²) in [4.78, 5) is 21.9. The number of carbonyl (C=O) groups is 1. The van der Waals surface area contributed by atoms with Crippen molar-refractivity contribution in [2.45, 2.75) is 39.0 Å². The second-order valence-corrected chi connectivity index (χ2v) is 9.38. The van der Waals surface area contributed by atoms with Gasteiger partial charge in [0.2, 0.25) is 5.91 Å². The molecule has 1 aromatic carbocycles. The van der Waals surface area contributed by atoms with Crippen LogP contribution in [0.2, 0.25) is 5.02 Å². The lowest BCUT2D eigenvalue weighted by Gasteiger charge is -2.34. The lowest BCUT2D eigenvalue weighted by molar-refractivity contribution is -0.125. The zero-order valence-electron chi connectivity index (χ0n) is 16.5. The van der Waals surface area contributed by atoms with E-state index in [2.05, 4.69) is 22.0 Å². The van der Waals surface area contributed by atoms with Crippen LogP contribution < -0.4 is 10.2 Å². The molecule has 2 aliphatic rings. The third-order valence-electron chi connectivity index (χ3n) is 6.03. The van der Waals surface area contributed by atoms with Crippen molar-refractivity contribution in [2.24, 2.45) is 5.92 Å². The van der Waals surface area contributed by atoms with Crippen LogP contribution in [-0.2, 0) is 4.79 Å². The average molecular weight is 421 g/mol. The van der Waals surface area contributed by atoms with Gasteiger partial charge < -0.3 is 10.2 Å². The lowest BCUT2D eigenvalue weighted by atomic mass is 9.89. The number of nitrogens with one attached hydrogen (secondary N) is 1. The van der Waals surface area contributed by atoms with E-state index in [1.807, 2.05) is 12.1 Å². The number of nitrogens with zero attached hydrogens (tertiary/aromatic N) is 3. The van der Waals surface area contributed by atoms with Gasteiger partial charge in [0.05, 0.1) is 15.2 Å². The maximum atomic E-state index is 12.3. The largest absolute Gasteiger partial charge is 0.355 e. The molecule has 0 spiro atoms. The molecule has 2 heterocycles. The molecule has 2 aromatic rings. The monoisotopic (exact) mass is 420 g/mol. The van der Waals surface area contributed by atoms with Gasteiger partial charge in [-0.25, -0.2) is 4.98 Å². The molecule has 1 aliphatic carbocycles. The summed E-state index contributed by atoms with van der Waals surface area (Å²) in [5.41, 5.74) is 2.20. The fourth-order valence-corrected chi connectivity index (χ4v) is 5.60. The zero-order chi connectivity index (χ0) is 19.5. The van der Waals surface area contributed by atoms with Gasteiger partial charge in [0.1, 0.15) is 0 Å². The molecule has 1 saturated heterocycles. The SMILES string of the molecule is Cc1ccc(Cl)c2sc(N3CCN(CCNC(=O)C4CCCCC4)CC3)nc12. The number of anilines is 1. The van der Waals surface area contributed by atoms with Crippen molar-refractivity contribution < 1.29 is 4.79 Å². The molecule has 0 unspecified atom stereocenters. The van der Waals surface area contributed by atoms with Crippen LogP contribution in [0.4, 0.5) is 5.13 Å². The summed E-state index contributed by atoms with van der Waals surface area (Å²) >= 11 is 8.04. The Bertz CT molecular complexity index is 786. The van der Waals surface area contributed by atoms with Gasteiger partial charge >= 0.3 is 0 Å². The Kier molecular flexibility index (Phi) is 6.38. The summed E-state index contributed by atoms with van der Waals surface area (Å²) in [6.07, 6.45) is 5.83. The van der Waals surface area contributed by atoms with E-state index in [1.165, 1.54) is 24.8 Å². The number of hydrogen-bond acceptors (Lipinski definition) is 5. The molecule has 0 bridgehead atoms. The van der Waals surface area contributed by atoms with E-state index in [0.29, 0.717) is 0 Å². The van der Waals surface area contributed by atoms with Crippen molar-refractivity contribution in [3.63, 3.8) is 0 Å². The molecular formula is C21H29ClN4OS. The van der Waals surface area contributed by atoms with E-state index in [9.17, 15) is 4.79 Å². The van der Waals surface area contributed by atoms with Crippen molar-refractivity contribution in [1.82, 2.24) is 15.2 Å². The third-order valence-corrected chi connectivity index (χ3v) is 7.61. The first-order chi connectivity index (χ1) is 13.6. The topological polar surface area (TPSA) is 48.5 Å². The molecule has 2 fully saturated rings. The number of hydrogen-bond donors (Lipinski definition) is 1. The fraction of sp³-hybridized carbons (Fsp3) is 0.619. The first kappa shape index (κ1) is 19.9. The average Bonchev–Trinajstić information content (AvgIpc) is 3.19. The van der Waals surface area contributed by atoms with Crippen LogP contribution in [-0.4, -0.2) is 55.1 Å². The predicted octanol–water partition coefficient (Wildman–Crippen LogP) is 4.08. The summed E-state index contributed by atoms with van der Waals surface area (Å²) in [7, 11) is 0. The van der Waals surface area contributed by atoms with E-state index in [4.69, 9.17) is 16.6 Å². The minimum absolute atomic E-state index is 0.250. The van der Waals surface area contributed by atoms with E-state index >= 15 is 0 Å². The Hall–Kier alpha value is -1.37. The Labute approximate surface area is 176 Å². The number of thiazole rings is 1. The second-order valence-electron chi connectivity index (χ2n) is 7.99. The highest BCUT2D eigenvalue weighted by atomic mass is 35.5.